The molecule has 0 spiro atoms. The summed E-state index contributed by atoms with van der Waals surface area (Å²) in [5.74, 6) is -0.975. The van der Waals surface area contributed by atoms with Crippen molar-refractivity contribution in [1.82, 2.24) is 9.38 Å². The molecule has 0 aromatic carbocycles. The number of methoxy groups -OCH3 is 1. The zero-order chi connectivity index (χ0) is 16.7. The van der Waals surface area contributed by atoms with Crippen LogP contribution in [0, 0.1) is 0 Å². The Morgan fingerprint density at radius 2 is 2.14 bits per heavy atom. The van der Waals surface area contributed by atoms with Gasteiger partial charge in [-0.1, -0.05) is 25.4 Å². The number of hydrogen-bond acceptors (Lipinski definition) is 3. The molecule has 4 nitrogen and oxygen atoms in total. The van der Waals surface area contributed by atoms with E-state index in [0.29, 0.717) is 12.0 Å². The van der Waals surface area contributed by atoms with Crippen LogP contribution in [0.2, 0.25) is 5.15 Å². The van der Waals surface area contributed by atoms with Gasteiger partial charge in [-0.25, -0.2) is 9.78 Å². The van der Waals surface area contributed by atoms with E-state index in [9.17, 15) is 18.0 Å². The van der Waals surface area contributed by atoms with Gasteiger partial charge in [0.05, 0.1) is 12.7 Å². The Morgan fingerprint density at radius 1 is 1.50 bits per heavy atom. The minimum Gasteiger partial charge on any atom is -0.464 e. The van der Waals surface area contributed by atoms with Crippen LogP contribution in [0.25, 0.3) is 5.65 Å². The number of imidazole rings is 1. The summed E-state index contributed by atoms with van der Waals surface area (Å²) in [5.41, 5.74) is -1.21. The monoisotopic (exact) mass is 334 g/mol. The van der Waals surface area contributed by atoms with Crippen molar-refractivity contribution in [3.63, 3.8) is 0 Å². The molecule has 120 valence electrons. The highest BCUT2D eigenvalue weighted by Gasteiger charge is 2.36. The quantitative estimate of drug-likeness (QED) is 0.786. The zero-order valence-corrected chi connectivity index (χ0v) is 12.9. The van der Waals surface area contributed by atoms with Gasteiger partial charge in [-0.15, -0.1) is 0 Å². The van der Waals surface area contributed by atoms with Crippen molar-refractivity contribution >= 4 is 23.2 Å². The summed E-state index contributed by atoms with van der Waals surface area (Å²) in [4.78, 5) is 15.3. The number of rotatable bonds is 3. The van der Waals surface area contributed by atoms with Crippen molar-refractivity contribution in [3.05, 3.63) is 34.2 Å². The lowest BCUT2D eigenvalue weighted by molar-refractivity contribution is -0.136. The third-order valence-electron chi connectivity index (χ3n) is 3.55. The number of esters is 1. The second kappa shape index (κ2) is 5.79. The van der Waals surface area contributed by atoms with E-state index in [1.165, 1.54) is 6.20 Å². The number of nitrogens with zero attached hydrogens (tertiary/aromatic N) is 2. The average molecular weight is 335 g/mol. The lowest BCUT2D eigenvalue weighted by Crippen LogP contribution is -2.10. The number of hydrogen-bond donors (Lipinski definition) is 0. The molecule has 2 aromatic heterocycles. The molecule has 0 saturated carbocycles. The third kappa shape index (κ3) is 2.77. The summed E-state index contributed by atoms with van der Waals surface area (Å²) in [6.07, 6.45) is -2.47. The van der Waals surface area contributed by atoms with Crippen LogP contribution >= 0.6 is 11.6 Å². The minimum atomic E-state index is -4.60. The number of carbonyl (C=O) groups excluding carboxylic acids is 1. The highest BCUT2D eigenvalue weighted by molar-refractivity contribution is 6.32. The molecule has 2 heterocycles. The van der Waals surface area contributed by atoms with E-state index in [2.05, 4.69) is 9.72 Å². The number of carbonyl (C=O) groups is 1. The fourth-order valence-electron chi connectivity index (χ4n) is 2.08. The summed E-state index contributed by atoms with van der Waals surface area (Å²) in [5, 5.41) is -0.197. The molecule has 2 rings (SSSR count). The number of ether oxygens (including phenoxy) is 1. The Hall–Kier alpha value is -1.76. The van der Waals surface area contributed by atoms with Gasteiger partial charge in [-0.2, -0.15) is 13.2 Å². The molecule has 22 heavy (non-hydrogen) atoms. The molecule has 0 aliphatic carbocycles. The Kier molecular flexibility index (Phi) is 4.37. The first-order chi connectivity index (χ1) is 10.2. The van der Waals surface area contributed by atoms with Crippen molar-refractivity contribution in [2.45, 2.75) is 32.4 Å². The van der Waals surface area contributed by atoms with Crippen molar-refractivity contribution in [3.8, 4) is 0 Å². The van der Waals surface area contributed by atoms with Gasteiger partial charge in [0.2, 0.25) is 0 Å². The van der Waals surface area contributed by atoms with Crippen LogP contribution in [0.3, 0.4) is 0 Å². The molecule has 0 fully saturated rings. The highest BCUT2D eigenvalue weighted by atomic mass is 35.5. The lowest BCUT2D eigenvalue weighted by Gasteiger charge is -2.14. The van der Waals surface area contributed by atoms with E-state index in [1.807, 2.05) is 13.8 Å². The number of aromatic nitrogens is 2. The third-order valence-corrected chi connectivity index (χ3v) is 3.91. The molecule has 2 aromatic rings. The second-order valence-corrected chi connectivity index (χ2v) is 5.29. The molecule has 8 heteroatoms. The molecule has 1 unspecified atom stereocenters. The van der Waals surface area contributed by atoms with Gasteiger partial charge in [0.25, 0.3) is 0 Å². The summed E-state index contributed by atoms with van der Waals surface area (Å²) in [7, 11) is 1.11. The Labute approximate surface area is 129 Å². The summed E-state index contributed by atoms with van der Waals surface area (Å²) in [6.45, 7) is 3.69. The van der Waals surface area contributed by atoms with Gasteiger partial charge in [0.15, 0.2) is 11.3 Å². The number of pyridine rings is 1. The maximum absolute atomic E-state index is 13.3. The molecule has 0 saturated heterocycles. The molecule has 0 radical (unpaired) electrons. The normalized spacial score (nSPS) is 13.4. The van der Waals surface area contributed by atoms with E-state index >= 15 is 0 Å². The Balaban J connectivity index is 2.82. The molecule has 0 aliphatic rings. The van der Waals surface area contributed by atoms with E-state index in [0.717, 1.165) is 17.6 Å². The van der Waals surface area contributed by atoms with E-state index in [1.54, 1.807) is 0 Å². The fourth-order valence-corrected chi connectivity index (χ4v) is 2.33. The molecule has 0 amide bonds. The Morgan fingerprint density at radius 3 is 2.64 bits per heavy atom. The smallest absolute Gasteiger partial charge is 0.419 e. The van der Waals surface area contributed by atoms with Crippen LogP contribution in [-0.2, 0) is 10.9 Å². The number of alkyl halides is 3. The van der Waals surface area contributed by atoms with E-state index < -0.39 is 23.4 Å². The topological polar surface area (TPSA) is 43.6 Å². The molecule has 0 bridgehead atoms. The first kappa shape index (κ1) is 16.6. The maximum atomic E-state index is 13.3. The van der Waals surface area contributed by atoms with Gasteiger partial charge in [0.1, 0.15) is 5.15 Å². The molecular weight excluding hydrogens is 321 g/mol. The summed E-state index contributed by atoms with van der Waals surface area (Å²) < 4.78 is 45.4. The number of fused-ring (bicyclic) bond motifs is 1. The van der Waals surface area contributed by atoms with Crippen LogP contribution < -0.4 is 0 Å². The van der Waals surface area contributed by atoms with Crippen molar-refractivity contribution in [2.24, 2.45) is 0 Å². The predicted octanol–water partition coefficient (Wildman–Crippen LogP) is 4.31. The van der Waals surface area contributed by atoms with Gasteiger partial charge in [-0.3, -0.25) is 4.40 Å². The summed E-state index contributed by atoms with van der Waals surface area (Å²) in [6, 6.07) is 1.05. The first-order valence-corrected chi connectivity index (χ1v) is 6.95. The molecule has 1 atom stereocenters. The summed E-state index contributed by atoms with van der Waals surface area (Å²) >= 11 is 6.00. The van der Waals surface area contributed by atoms with Crippen LogP contribution in [0.5, 0.6) is 0 Å². The van der Waals surface area contributed by atoms with Crippen LogP contribution in [0.1, 0.15) is 47.8 Å². The highest BCUT2D eigenvalue weighted by Crippen LogP contribution is 2.36. The first-order valence-electron chi connectivity index (χ1n) is 6.57. The van der Waals surface area contributed by atoms with Crippen molar-refractivity contribution in [2.75, 3.05) is 7.11 Å². The predicted molar refractivity (Wildman–Crippen MR) is 75.2 cm³/mol. The zero-order valence-electron chi connectivity index (χ0n) is 12.2. The van der Waals surface area contributed by atoms with Crippen LogP contribution in [0.15, 0.2) is 12.3 Å². The standard InChI is InChI=1S/C14H14ClF3N2O2/c1-4-7(2)8-5-9(14(16,17)18)12-19-10(13(21)22-3)11(15)20(12)6-8/h5-7H,4H2,1-3H3. The van der Waals surface area contributed by atoms with Gasteiger partial charge in [0, 0.05) is 6.20 Å². The van der Waals surface area contributed by atoms with Crippen LogP contribution in [0.4, 0.5) is 13.2 Å². The van der Waals surface area contributed by atoms with Crippen LogP contribution in [-0.4, -0.2) is 22.5 Å². The maximum Gasteiger partial charge on any atom is 0.419 e. The van der Waals surface area contributed by atoms with Crippen molar-refractivity contribution in [1.29, 1.82) is 0 Å². The second-order valence-electron chi connectivity index (χ2n) is 4.93. The van der Waals surface area contributed by atoms with Gasteiger partial charge < -0.3 is 4.74 Å². The lowest BCUT2D eigenvalue weighted by atomic mass is 9.99. The van der Waals surface area contributed by atoms with E-state index in [4.69, 9.17) is 11.6 Å². The van der Waals surface area contributed by atoms with Gasteiger partial charge in [-0.05, 0) is 24.0 Å². The minimum absolute atomic E-state index is 0.0921. The SMILES string of the molecule is CCC(C)c1cc(C(F)(F)F)c2nc(C(=O)OC)c(Cl)n2c1. The fraction of sp³-hybridized carbons (Fsp3) is 0.429. The Bertz CT molecular complexity index is 725. The molecule has 0 N–H and O–H groups in total. The number of halogens is 4. The van der Waals surface area contributed by atoms with E-state index in [-0.39, 0.29) is 16.8 Å². The largest absolute Gasteiger partial charge is 0.464 e. The average Bonchev–Trinajstić information content (AvgIpc) is 2.81. The molecule has 0 aliphatic heterocycles. The van der Waals surface area contributed by atoms with Crippen molar-refractivity contribution < 1.29 is 22.7 Å². The molecular formula is C14H14ClF3N2O2. The van der Waals surface area contributed by atoms with Gasteiger partial charge >= 0.3 is 12.1 Å².